The minimum atomic E-state index is -1.52. The van der Waals surface area contributed by atoms with Crippen molar-refractivity contribution in [3.05, 3.63) is 0 Å². The second-order valence-corrected chi connectivity index (χ2v) is 3.93. The molecule has 12 heteroatoms. The molecule has 1 N–H and O–H groups in total. The molecule has 0 amide bonds. The van der Waals surface area contributed by atoms with Gasteiger partial charge in [0.1, 0.15) is 0 Å². The van der Waals surface area contributed by atoms with E-state index in [9.17, 15) is 34.5 Å². The Morgan fingerprint density at radius 2 is 1.00 bits per heavy atom. The summed E-state index contributed by atoms with van der Waals surface area (Å²) in [5.41, 5.74) is 0. The fourth-order valence-electron chi connectivity index (χ4n) is 1.45. The van der Waals surface area contributed by atoms with E-state index in [1.165, 1.54) is 0 Å². The minimum Gasteiger partial charge on any atom is -0.549 e. The van der Waals surface area contributed by atoms with Gasteiger partial charge in [-0.2, -0.15) is 0 Å². The molecule has 0 bridgehead atoms. The van der Waals surface area contributed by atoms with Gasteiger partial charge in [-0.05, 0) is 0 Å². The molecule has 1 radical (unpaired) electrons. The monoisotopic (exact) mass is 367 g/mol. The molecule has 0 atom stereocenters. The number of carbonyl (C=O) groups excluding carboxylic acids is 3. The number of aliphatic carboxylic acids is 4. The van der Waals surface area contributed by atoms with Gasteiger partial charge in [-0.15, -0.1) is 0 Å². The maximum absolute atomic E-state index is 10.5. The van der Waals surface area contributed by atoms with Crippen molar-refractivity contribution in [2.75, 3.05) is 39.3 Å². The maximum atomic E-state index is 10.5. The number of carbonyl (C=O) groups is 4. The van der Waals surface area contributed by atoms with Gasteiger partial charge in [-0.3, -0.25) is 14.6 Å². The normalized spacial score (nSPS) is 9.73. The van der Waals surface area contributed by atoms with Gasteiger partial charge < -0.3 is 34.8 Å². The third-order valence-corrected chi connectivity index (χ3v) is 2.15. The number of rotatable bonds is 11. The van der Waals surface area contributed by atoms with Crippen LogP contribution in [0.4, 0.5) is 0 Å². The average Bonchev–Trinajstić information content (AvgIpc) is 2.22. The zero-order valence-corrected chi connectivity index (χ0v) is 15.0. The Hall–Kier alpha value is -0.681. The first-order chi connectivity index (χ1) is 9.20. The van der Waals surface area contributed by atoms with E-state index in [0.717, 1.165) is 9.80 Å². The molecule has 0 fully saturated rings. The summed E-state index contributed by atoms with van der Waals surface area (Å²) >= 11 is 0. The summed E-state index contributed by atoms with van der Waals surface area (Å²) in [4.78, 5) is 43.7. The molecule has 0 aliphatic rings. The molecule has 0 spiro atoms. The van der Waals surface area contributed by atoms with E-state index in [0.29, 0.717) is 0 Å². The number of carboxylic acids is 4. The number of hydrogen-bond donors (Lipinski definition) is 1. The van der Waals surface area contributed by atoms with Gasteiger partial charge in [0.05, 0.1) is 24.5 Å². The third kappa shape index (κ3) is 15.7. The second-order valence-electron chi connectivity index (χ2n) is 3.93. The van der Waals surface area contributed by atoms with Gasteiger partial charge in [-0.1, -0.05) is 0 Å². The van der Waals surface area contributed by atoms with Gasteiger partial charge in [0.15, 0.2) is 0 Å². The molecule has 0 unspecified atom stereocenters. The van der Waals surface area contributed by atoms with Crippen LogP contribution in [0, 0.1) is 0 Å². The Balaban J connectivity index is -0.00000180. The zero-order chi connectivity index (χ0) is 15.7. The molecule has 0 aliphatic heterocycles. The fourth-order valence-corrected chi connectivity index (χ4v) is 1.45. The Morgan fingerprint density at radius 3 is 1.23 bits per heavy atom. The van der Waals surface area contributed by atoms with Crippen molar-refractivity contribution in [3.8, 4) is 0 Å². The molecule has 0 saturated carbocycles. The molecular weight excluding hydrogens is 354 g/mol. The molecule has 0 aromatic carbocycles. The summed E-state index contributed by atoms with van der Waals surface area (Å²) in [6, 6.07) is 0. The van der Waals surface area contributed by atoms with Gasteiger partial charge in [0, 0.05) is 32.7 Å². The van der Waals surface area contributed by atoms with E-state index >= 15 is 0 Å². The van der Waals surface area contributed by atoms with Crippen molar-refractivity contribution in [3.63, 3.8) is 0 Å². The summed E-state index contributed by atoms with van der Waals surface area (Å²) < 4.78 is 0. The molecule has 0 aliphatic carbocycles. The van der Waals surface area contributed by atoms with Crippen molar-refractivity contribution >= 4 is 23.9 Å². The largest absolute Gasteiger partial charge is 2.00 e. The Morgan fingerprint density at radius 1 is 0.727 bits per heavy atom. The zero-order valence-electron chi connectivity index (χ0n) is 11.8. The van der Waals surface area contributed by atoms with Gasteiger partial charge in [0.2, 0.25) is 0 Å². The van der Waals surface area contributed by atoms with Crippen LogP contribution in [0.1, 0.15) is 0 Å². The van der Waals surface area contributed by atoms with Crippen molar-refractivity contribution in [1.82, 2.24) is 9.80 Å². The quantitative estimate of drug-likeness (QED) is 0.347. The number of nitrogens with zero attached hydrogens (tertiary/aromatic N) is 2. The average molecular weight is 367 g/mol. The predicted octanol–water partition coefficient (Wildman–Crippen LogP) is -9.07. The van der Waals surface area contributed by atoms with Crippen LogP contribution in [0.5, 0.6) is 0 Å². The number of carboxylic acid groups (broad SMARTS) is 4. The predicted molar refractivity (Wildman–Crippen MR) is 55.5 cm³/mol. The van der Waals surface area contributed by atoms with Crippen LogP contribution >= 0.6 is 0 Å². The van der Waals surface area contributed by atoms with Crippen molar-refractivity contribution in [1.29, 1.82) is 0 Å². The summed E-state index contributed by atoms with van der Waals surface area (Å²) in [5, 5.41) is 39.8. The molecular formula is C10H13MnN2NaO8. The first-order valence-corrected chi connectivity index (χ1v) is 5.46. The standard InChI is InChI=1S/C10H16N2O8.Mn.Na/c13-7(14)3-11(4-8(15)16)1-2-12(5-9(17)18)6-10(19)20;;/h1-6H2,(H,13,14)(H,15,16)(H,17,18)(H,19,20);;/q;+2;+1/p-3. The van der Waals surface area contributed by atoms with Gasteiger partial charge >= 0.3 is 52.6 Å². The van der Waals surface area contributed by atoms with Gasteiger partial charge in [0.25, 0.3) is 0 Å². The summed E-state index contributed by atoms with van der Waals surface area (Å²) in [6.07, 6.45) is 0. The van der Waals surface area contributed by atoms with Crippen LogP contribution in [0.15, 0.2) is 0 Å². The summed E-state index contributed by atoms with van der Waals surface area (Å²) in [7, 11) is 0. The molecule has 0 aromatic rings. The molecule has 0 saturated heterocycles. The van der Waals surface area contributed by atoms with Crippen LogP contribution < -0.4 is 44.9 Å². The van der Waals surface area contributed by atoms with Gasteiger partial charge in [-0.25, -0.2) is 0 Å². The van der Waals surface area contributed by atoms with Crippen LogP contribution in [0.2, 0.25) is 0 Å². The van der Waals surface area contributed by atoms with Crippen LogP contribution in [-0.4, -0.2) is 78.1 Å². The van der Waals surface area contributed by atoms with E-state index in [-0.39, 0.29) is 59.7 Å². The third-order valence-electron chi connectivity index (χ3n) is 2.15. The summed E-state index contributed by atoms with van der Waals surface area (Å²) in [5.74, 6) is -5.82. The summed E-state index contributed by atoms with van der Waals surface area (Å²) in [6.45, 7) is -3.00. The van der Waals surface area contributed by atoms with E-state index in [1.807, 2.05) is 0 Å². The Bertz CT molecular complexity index is 327. The Labute approximate surface area is 158 Å². The van der Waals surface area contributed by atoms with Crippen molar-refractivity contribution < 1.29 is 86.2 Å². The molecule has 0 rings (SSSR count). The van der Waals surface area contributed by atoms with Crippen LogP contribution in [0.25, 0.3) is 0 Å². The smallest absolute Gasteiger partial charge is 0.549 e. The number of hydrogen-bond acceptors (Lipinski definition) is 9. The van der Waals surface area contributed by atoms with E-state index in [2.05, 4.69) is 0 Å². The first-order valence-electron chi connectivity index (χ1n) is 5.46. The molecule has 0 heterocycles. The first kappa shape index (κ1) is 26.2. The van der Waals surface area contributed by atoms with E-state index in [1.54, 1.807) is 0 Å². The van der Waals surface area contributed by atoms with Crippen LogP contribution in [0.3, 0.4) is 0 Å². The Kier molecular flexibility index (Phi) is 16.6. The van der Waals surface area contributed by atoms with E-state index < -0.39 is 50.1 Å². The second kappa shape index (κ2) is 13.9. The molecule has 22 heavy (non-hydrogen) atoms. The van der Waals surface area contributed by atoms with Crippen molar-refractivity contribution in [2.45, 2.75) is 0 Å². The van der Waals surface area contributed by atoms with E-state index in [4.69, 9.17) is 5.11 Å². The molecule has 119 valence electrons. The fraction of sp³-hybridized carbons (Fsp3) is 0.600. The topological polar surface area (TPSA) is 164 Å². The van der Waals surface area contributed by atoms with Crippen LogP contribution in [-0.2, 0) is 36.2 Å². The SMILES string of the molecule is O=C([O-])CN(CCN(CC(=O)[O-])CC(=O)O)CC(=O)[O-].[Mn+2].[Na+]. The minimum absolute atomic E-state index is 0. The maximum Gasteiger partial charge on any atom is 2.00 e. The van der Waals surface area contributed by atoms with Crippen molar-refractivity contribution in [2.24, 2.45) is 0 Å². The molecule has 10 nitrogen and oxygen atoms in total. The molecule has 0 aromatic heterocycles.